The summed E-state index contributed by atoms with van der Waals surface area (Å²) in [6, 6.07) is 18.0. The molecule has 0 saturated heterocycles. The average Bonchev–Trinajstić information content (AvgIpc) is 2.92. The zero-order valence-electron chi connectivity index (χ0n) is 21.4. The lowest BCUT2D eigenvalue weighted by atomic mass is 10.2. The van der Waals surface area contributed by atoms with Crippen LogP contribution in [0.1, 0.15) is 19.4 Å². The first-order chi connectivity index (χ1) is 17.8. The largest absolute Gasteiger partial charge is 0.497 e. The molecular weight excluding hydrogens is 496 g/mol. The molecule has 0 aromatic heterocycles. The lowest BCUT2D eigenvalue weighted by Gasteiger charge is -2.25. The van der Waals surface area contributed by atoms with Gasteiger partial charge in [0.15, 0.2) is 11.5 Å². The predicted octanol–water partition coefficient (Wildman–Crippen LogP) is 4.01. The van der Waals surface area contributed by atoms with E-state index in [9.17, 15) is 13.2 Å². The molecule has 9 nitrogen and oxygen atoms in total. The van der Waals surface area contributed by atoms with Crippen LogP contribution in [-0.4, -0.2) is 48.3 Å². The molecular formula is C27H32N2O7S. The third-order valence-electron chi connectivity index (χ3n) is 5.39. The Morgan fingerprint density at radius 2 is 1.51 bits per heavy atom. The van der Waals surface area contributed by atoms with Gasteiger partial charge in [0.1, 0.15) is 18.0 Å². The summed E-state index contributed by atoms with van der Waals surface area (Å²) in [5, 5.41) is 2.80. The number of methoxy groups -OCH3 is 2. The third-order valence-corrected chi connectivity index (χ3v) is 7.16. The molecule has 0 aliphatic rings. The molecule has 0 unspecified atom stereocenters. The molecule has 0 spiro atoms. The molecule has 3 rings (SSSR count). The van der Waals surface area contributed by atoms with Gasteiger partial charge in [-0.1, -0.05) is 18.2 Å². The van der Waals surface area contributed by atoms with E-state index in [0.717, 1.165) is 9.87 Å². The van der Waals surface area contributed by atoms with E-state index in [1.807, 2.05) is 19.9 Å². The van der Waals surface area contributed by atoms with Crippen LogP contribution in [0.4, 0.5) is 5.69 Å². The third kappa shape index (κ3) is 6.85. The fraction of sp³-hybridized carbons (Fsp3) is 0.296. The summed E-state index contributed by atoms with van der Waals surface area (Å²) in [5.74, 6) is 1.54. The normalized spacial score (nSPS) is 10.9. The Morgan fingerprint density at radius 1 is 0.838 bits per heavy atom. The van der Waals surface area contributed by atoms with E-state index in [0.29, 0.717) is 36.2 Å². The zero-order chi connectivity index (χ0) is 26.8. The van der Waals surface area contributed by atoms with Crippen molar-refractivity contribution in [1.82, 2.24) is 5.32 Å². The highest BCUT2D eigenvalue weighted by molar-refractivity contribution is 7.92. The molecule has 0 bridgehead atoms. The van der Waals surface area contributed by atoms with Crippen molar-refractivity contribution in [1.29, 1.82) is 0 Å². The number of rotatable bonds is 13. The minimum Gasteiger partial charge on any atom is -0.497 e. The number of hydrogen-bond donors (Lipinski definition) is 1. The molecule has 0 aliphatic heterocycles. The molecule has 3 aromatic carbocycles. The minimum absolute atomic E-state index is 0.0138. The lowest BCUT2D eigenvalue weighted by Crippen LogP contribution is -2.40. The Morgan fingerprint density at radius 3 is 2.16 bits per heavy atom. The quantitative estimate of drug-likeness (QED) is 0.358. The molecule has 1 N–H and O–H groups in total. The monoisotopic (exact) mass is 528 g/mol. The maximum atomic E-state index is 13.6. The summed E-state index contributed by atoms with van der Waals surface area (Å²) in [5.41, 5.74) is 1.03. The second kappa shape index (κ2) is 12.9. The summed E-state index contributed by atoms with van der Waals surface area (Å²) < 4.78 is 50.1. The molecule has 0 fully saturated rings. The van der Waals surface area contributed by atoms with Crippen molar-refractivity contribution in [2.75, 3.05) is 38.3 Å². The van der Waals surface area contributed by atoms with Crippen molar-refractivity contribution in [2.24, 2.45) is 0 Å². The van der Waals surface area contributed by atoms with Gasteiger partial charge in [-0.15, -0.1) is 0 Å². The second-order valence-electron chi connectivity index (χ2n) is 7.78. The van der Waals surface area contributed by atoms with Gasteiger partial charge in [0.25, 0.3) is 10.0 Å². The fourth-order valence-electron chi connectivity index (χ4n) is 3.60. The van der Waals surface area contributed by atoms with Crippen molar-refractivity contribution < 1.29 is 32.2 Å². The number of sulfonamides is 1. The van der Waals surface area contributed by atoms with E-state index >= 15 is 0 Å². The van der Waals surface area contributed by atoms with Gasteiger partial charge in [-0.25, -0.2) is 8.42 Å². The molecule has 198 valence electrons. The van der Waals surface area contributed by atoms with E-state index in [4.69, 9.17) is 18.9 Å². The number of hydrogen-bond acceptors (Lipinski definition) is 7. The maximum absolute atomic E-state index is 13.6. The van der Waals surface area contributed by atoms with Crippen molar-refractivity contribution >= 4 is 21.6 Å². The standard InChI is InChI=1S/C27H32N2O7S/c1-5-35-25-16-11-20(17-26(25)36-6-2)18-28-27(30)19-29(23-9-7-8-10-24(23)34-4)37(31,32)22-14-12-21(33-3)13-15-22/h7-17H,5-6,18-19H2,1-4H3,(H,28,30). The van der Waals surface area contributed by atoms with E-state index in [2.05, 4.69) is 5.32 Å². The van der Waals surface area contributed by atoms with Crippen LogP contribution in [0.25, 0.3) is 0 Å². The van der Waals surface area contributed by atoms with Gasteiger partial charge in [0.05, 0.1) is 38.0 Å². The molecule has 0 saturated carbocycles. The van der Waals surface area contributed by atoms with Crippen molar-refractivity contribution in [3.05, 3.63) is 72.3 Å². The van der Waals surface area contributed by atoms with E-state index in [1.165, 1.54) is 26.4 Å². The number of anilines is 1. The van der Waals surface area contributed by atoms with E-state index < -0.39 is 22.5 Å². The summed E-state index contributed by atoms with van der Waals surface area (Å²) >= 11 is 0. The topological polar surface area (TPSA) is 103 Å². The maximum Gasteiger partial charge on any atom is 0.264 e. The van der Waals surface area contributed by atoms with Crippen LogP contribution >= 0.6 is 0 Å². The molecule has 0 heterocycles. The summed E-state index contributed by atoms with van der Waals surface area (Å²) in [6.07, 6.45) is 0. The smallest absolute Gasteiger partial charge is 0.264 e. The first-order valence-electron chi connectivity index (χ1n) is 11.8. The Balaban J connectivity index is 1.85. The first-order valence-corrected chi connectivity index (χ1v) is 13.2. The number of ether oxygens (including phenoxy) is 4. The Hall–Kier alpha value is -3.92. The molecule has 1 amide bonds. The van der Waals surface area contributed by atoms with Crippen LogP contribution in [0.3, 0.4) is 0 Å². The van der Waals surface area contributed by atoms with Gasteiger partial charge in [0, 0.05) is 6.54 Å². The van der Waals surface area contributed by atoms with Crippen molar-refractivity contribution in [3.63, 3.8) is 0 Å². The fourth-order valence-corrected chi connectivity index (χ4v) is 5.03. The lowest BCUT2D eigenvalue weighted by molar-refractivity contribution is -0.119. The number of benzene rings is 3. The zero-order valence-corrected chi connectivity index (χ0v) is 22.2. The van der Waals surface area contributed by atoms with E-state index in [-0.39, 0.29) is 17.1 Å². The summed E-state index contributed by atoms with van der Waals surface area (Å²) in [4.78, 5) is 13.0. The molecule has 3 aromatic rings. The molecule has 0 atom stereocenters. The minimum atomic E-state index is -4.12. The van der Waals surface area contributed by atoms with Gasteiger partial charge in [0.2, 0.25) is 5.91 Å². The second-order valence-corrected chi connectivity index (χ2v) is 9.65. The van der Waals surface area contributed by atoms with Crippen molar-refractivity contribution in [3.8, 4) is 23.0 Å². The van der Waals surface area contributed by atoms with Gasteiger partial charge < -0.3 is 24.3 Å². The van der Waals surface area contributed by atoms with Crippen LogP contribution in [0.15, 0.2) is 71.6 Å². The SMILES string of the molecule is CCOc1ccc(CNC(=O)CN(c2ccccc2OC)S(=O)(=O)c2ccc(OC)cc2)cc1OCC. The average molecular weight is 529 g/mol. The predicted molar refractivity (Wildman–Crippen MR) is 141 cm³/mol. The van der Waals surface area contributed by atoms with Crippen LogP contribution in [0.2, 0.25) is 0 Å². The molecule has 10 heteroatoms. The van der Waals surface area contributed by atoms with Gasteiger partial charge in [-0.05, 0) is 67.9 Å². The number of para-hydroxylation sites is 2. The Labute approximate surface area is 218 Å². The van der Waals surface area contributed by atoms with E-state index in [1.54, 1.807) is 48.5 Å². The number of carbonyl (C=O) groups is 1. The van der Waals surface area contributed by atoms with Crippen LogP contribution in [0.5, 0.6) is 23.0 Å². The summed E-state index contributed by atoms with van der Waals surface area (Å²) in [7, 11) is -1.18. The highest BCUT2D eigenvalue weighted by Crippen LogP contribution is 2.33. The Bertz CT molecular complexity index is 1290. The number of nitrogens with one attached hydrogen (secondary N) is 1. The highest BCUT2D eigenvalue weighted by Gasteiger charge is 2.29. The van der Waals surface area contributed by atoms with Crippen molar-refractivity contribution in [2.45, 2.75) is 25.3 Å². The summed E-state index contributed by atoms with van der Waals surface area (Å²) in [6.45, 7) is 4.44. The first kappa shape index (κ1) is 27.7. The number of nitrogens with zero attached hydrogens (tertiary/aromatic N) is 1. The Kier molecular flexibility index (Phi) is 9.62. The van der Waals surface area contributed by atoms with Gasteiger partial charge in [-0.3, -0.25) is 9.10 Å². The molecule has 0 radical (unpaired) electrons. The van der Waals surface area contributed by atoms with Crippen LogP contribution in [0, 0.1) is 0 Å². The van der Waals surface area contributed by atoms with Crippen LogP contribution in [-0.2, 0) is 21.4 Å². The number of carbonyl (C=O) groups excluding carboxylic acids is 1. The van der Waals surface area contributed by atoms with Gasteiger partial charge >= 0.3 is 0 Å². The molecule has 37 heavy (non-hydrogen) atoms. The van der Waals surface area contributed by atoms with Gasteiger partial charge in [-0.2, -0.15) is 0 Å². The highest BCUT2D eigenvalue weighted by atomic mass is 32.2. The molecule has 0 aliphatic carbocycles. The van der Waals surface area contributed by atoms with Crippen LogP contribution < -0.4 is 28.6 Å². The number of amides is 1.